The number of hydrogen-bond donors (Lipinski definition) is 2. The van der Waals surface area contributed by atoms with Crippen LogP contribution in [0.3, 0.4) is 0 Å². The highest BCUT2D eigenvalue weighted by atomic mass is 35.5. The SMILES string of the molecule is C[C@@H](Oc1cc(-c2cnn(CCCC(F)(F)CN)c2)cnc1N)c1c(Cl)ccc(F)c1Cl. The van der Waals surface area contributed by atoms with Crippen molar-refractivity contribution in [3.05, 3.63) is 58.2 Å². The molecule has 0 unspecified atom stereocenters. The van der Waals surface area contributed by atoms with Crippen LogP contribution in [0, 0.1) is 5.82 Å². The average Bonchev–Trinajstić information content (AvgIpc) is 3.21. The lowest BCUT2D eigenvalue weighted by molar-refractivity contribution is -0.000946. The van der Waals surface area contributed by atoms with Gasteiger partial charge in [-0.05, 0) is 31.5 Å². The van der Waals surface area contributed by atoms with Crippen LogP contribution in [0.15, 0.2) is 36.8 Å². The molecule has 11 heteroatoms. The molecule has 3 rings (SSSR count). The molecule has 2 aromatic heterocycles. The Kier molecular flexibility index (Phi) is 7.53. The Morgan fingerprint density at radius 3 is 2.69 bits per heavy atom. The highest BCUT2D eigenvalue weighted by Crippen LogP contribution is 2.37. The maximum atomic E-state index is 13.9. The van der Waals surface area contributed by atoms with Gasteiger partial charge in [0.05, 0.1) is 17.8 Å². The molecule has 2 heterocycles. The van der Waals surface area contributed by atoms with Gasteiger partial charge in [-0.3, -0.25) is 4.68 Å². The van der Waals surface area contributed by atoms with Gasteiger partial charge in [-0.15, -0.1) is 0 Å². The molecular weight excluding hydrogens is 466 g/mol. The molecule has 1 atom stereocenters. The minimum absolute atomic E-state index is 0.126. The molecule has 0 bridgehead atoms. The van der Waals surface area contributed by atoms with Crippen LogP contribution in [0.2, 0.25) is 10.0 Å². The van der Waals surface area contributed by atoms with Crippen LogP contribution in [-0.4, -0.2) is 27.2 Å². The minimum Gasteiger partial charge on any atom is -0.482 e. The van der Waals surface area contributed by atoms with Crippen molar-refractivity contribution in [3.8, 4) is 16.9 Å². The largest absolute Gasteiger partial charge is 0.482 e. The Labute approximate surface area is 193 Å². The first-order valence-corrected chi connectivity index (χ1v) is 10.5. The maximum absolute atomic E-state index is 13.9. The van der Waals surface area contributed by atoms with Crippen molar-refractivity contribution in [2.24, 2.45) is 5.73 Å². The van der Waals surface area contributed by atoms with Gasteiger partial charge in [0, 0.05) is 47.1 Å². The Morgan fingerprint density at radius 2 is 1.97 bits per heavy atom. The predicted molar refractivity (Wildman–Crippen MR) is 119 cm³/mol. The molecule has 3 aromatic rings. The van der Waals surface area contributed by atoms with Crippen LogP contribution in [0.25, 0.3) is 11.1 Å². The van der Waals surface area contributed by atoms with Crippen molar-refractivity contribution < 1.29 is 17.9 Å². The summed E-state index contributed by atoms with van der Waals surface area (Å²) in [7, 11) is 0. The third-order valence-electron chi connectivity index (χ3n) is 4.87. The van der Waals surface area contributed by atoms with E-state index in [1.165, 1.54) is 12.1 Å². The predicted octanol–water partition coefficient (Wildman–Crippen LogP) is 5.49. The molecule has 0 aliphatic carbocycles. The van der Waals surface area contributed by atoms with E-state index in [2.05, 4.69) is 10.1 Å². The second kappa shape index (κ2) is 9.97. The number of nitrogens with two attached hydrogens (primary N) is 2. The molecule has 0 radical (unpaired) electrons. The zero-order valence-electron chi connectivity index (χ0n) is 17.2. The minimum atomic E-state index is -2.88. The summed E-state index contributed by atoms with van der Waals surface area (Å²) in [5.41, 5.74) is 12.6. The molecule has 0 aliphatic heterocycles. The number of halogens is 5. The summed E-state index contributed by atoms with van der Waals surface area (Å²) < 4.78 is 47.9. The molecule has 172 valence electrons. The van der Waals surface area contributed by atoms with Crippen LogP contribution in [0.4, 0.5) is 19.0 Å². The summed E-state index contributed by atoms with van der Waals surface area (Å²) in [5.74, 6) is -3.12. The normalized spacial score (nSPS) is 12.7. The fraction of sp³-hybridized carbons (Fsp3) is 0.333. The standard InChI is InChI=1S/C21H22Cl2F3N5O/c1-12(18-15(22)3-4-16(24)19(18)23)32-17-7-13(8-29-20(17)28)14-9-30-31(10-14)6-2-5-21(25,26)11-27/h3-4,7-10,12H,2,5-6,11,27H2,1H3,(H2,28,29)/t12-/m1/s1. The second-order valence-corrected chi connectivity index (χ2v) is 8.07. The number of anilines is 1. The van der Waals surface area contributed by atoms with Gasteiger partial charge in [0.15, 0.2) is 11.6 Å². The first-order chi connectivity index (χ1) is 15.1. The van der Waals surface area contributed by atoms with E-state index in [1.807, 2.05) is 0 Å². The summed E-state index contributed by atoms with van der Waals surface area (Å²) in [5, 5.41) is 4.32. The highest BCUT2D eigenvalue weighted by Gasteiger charge is 2.25. The number of benzene rings is 1. The summed E-state index contributed by atoms with van der Waals surface area (Å²) in [4.78, 5) is 4.14. The Bertz CT molecular complexity index is 1090. The van der Waals surface area contributed by atoms with E-state index in [1.54, 1.807) is 36.3 Å². The van der Waals surface area contributed by atoms with Crippen molar-refractivity contribution in [3.63, 3.8) is 0 Å². The van der Waals surface area contributed by atoms with Crippen LogP contribution >= 0.6 is 23.2 Å². The van der Waals surface area contributed by atoms with Gasteiger partial charge in [0.25, 0.3) is 5.92 Å². The van der Waals surface area contributed by atoms with E-state index in [-0.39, 0.29) is 34.5 Å². The number of ether oxygens (including phenoxy) is 1. The van der Waals surface area contributed by atoms with Crippen molar-refractivity contribution in [1.29, 1.82) is 0 Å². The summed E-state index contributed by atoms with van der Waals surface area (Å²) in [6.45, 7) is 1.30. The first kappa shape index (κ1) is 24.2. The van der Waals surface area contributed by atoms with E-state index in [9.17, 15) is 13.2 Å². The number of aromatic nitrogens is 3. The number of rotatable bonds is 9. The fourth-order valence-corrected chi connectivity index (χ4v) is 3.79. The van der Waals surface area contributed by atoms with E-state index in [0.29, 0.717) is 23.2 Å². The molecule has 0 aliphatic rings. The number of pyridine rings is 1. The molecule has 1 aromatic carbocycles. The molecule has 0 saturated carbocycles. The van der Waals surface area contributed by atoms with Gasteiger partial charge < -0.3 is 16.2 Å². The lowest BCUT2D eigenvalue weighted by Gasteiger charge is -2.19. The zero-order chi connectivity index (χ0) is 23.5. The number of nitrogen functional groups attached to an aromatic ring is 1. The second-order valence-electron chi connectivity index (χ2n) is 7.28. The number of hydrogen-bond acceptors (Lipinski definition) is 5. The van der Waals surface area contributed by atoms with Gasteiger partial charge in [0.2, 0.25) is 0 Å². The number of alkyl halides is 2. The van der Waals surface area contributed by atoms with Crippen LogP contribution in [0.5, 0.6) is 5.75 Å². The van der Waals surface area contributed by atoms with Crippen LogP contribution in [0.1, 0.15) is 31.4 Å². The first-order valence-electron chi connectivity index (χ1n) is 9.77. The highest BCUT2D eigenvalue weighted by molar-refractivity contribution is 6.36. The van der Waals surface area contributed by atoms with E-state index in [0.717, 1.165) is 0 Å². The van der Waals surface area contributed by atoms with Crippen molar-refractivity contribution >= 4 is 29.0 Å². The van der Waals surface area contributed by atoms with Crippen molar-refractivity contribution in [2.45, 2.75) is 38.3 Å². The van der Waals surface area contributed by atoms with Gasteiger partial charge in [-0.25, -0.2) is 18.2 Å². The van der Waals surface area contributed by atoms with E-state index < -0.39 is 24.4 Å². The van der Waals surface area contributed by atoms with Crippen molar-refractivity contribution in [2.75, 3.05) is 12.3 Å². The molecule has 0 fully saturated rings. The molecular formula is C21H22Cl2F3N5O. The molecule has 0 amide bonds. The van der Waals surface area contributed by atoms with E-state index in [4.69, 9.17) is 39.4 Å². The smallest absolute Gasteiger partial charge is 0.260 e. The lowest BCUT2D eigenvalue weighted by Crippen LogP contribution is -2.27. The molecule has 0 spiro atoms. The summed E-state index contributed by atoms with van der Waals surface area (Å²) in [6.07, 6.45) is 4.04. The van der Waals surface area contributed by atoms with Crippen LogP contribution < -0.4 is 16.2 Å². The Hall–Kier alpha value is -2.49. The lowest BCUT2D eigenvalue weighted by atomic mass is 10.1. The quantitative estimate of drug-likeness (QED) is 0.389. The topological polar surface area (TPSA) is 92.0 Å². The van der Waals surface area contributed by atoms with Gasteiger partial charge in [-0.1, -0.05) is 23.2 Å². The average molecular weight is 488 g/mol. The summed E-state index contributed by atoms with van der Waals surface area (Å²) >= 11 is 12.2. The van der Waals surface area contributed by atoms with Crippen molar-refractivity contribution in [1.82, 2.24) is 14.8 Å². The third kappa shape index (κ3) is 5.65. The molecule has 6 nitrogen and oxygen atoms in total. The van der Waals surface area contributed by atoms with Gasteiger partial charge in [0.1, 0.15) is 11.9 Å². The maximum Gasteiger partial charge on any atom is 0.260 e. The molecule has 32 heavy (non-hydrogen) atoms. The fourth-order valence-electron chi connectivity index (χ4n) is 3.11. The number of aryl methyl sites for hydroxylation is 1. The summed E-state index contributed by atoms with van der Waals surface area (Å²) in [6, 6.07) is 4.23. The molecule has 0 saturated heterocycles. The van der Waals surface area contributed by atoms with E-state index >= 15 is 0 Å². The van der Waals surface area contributed by atoms with Gasteiger partial charge >= 0.3 is 0 Å². The van der Waals surface area contributed by atoms with Crippen LogP contribution in [-0.2, 0) is 6.54 Å². The number of nitrogens with zero attached hydrogens (tertiary/aromatic N) is 3. The van der Waals surface area contributed by atoms with Gasteiger partial charge in [-0.2, -0.15) is 5.10 Å². The third-order valence-corrected chi connectivity index (χ3v) is 5.58. The molecule has 4 N–H and O–H groups in total. The monoisotopic (exact) mass is 487 g/mol. The Morgan fingerprint density at radius 1 is 1.22 bits per heavy atom. The zero-order valence-corrected chi connectivity index (χ0v) is 18.7. The Balaban J connectivity index is 1.75.